The van der Waals surface area contributed by atoms with Crippen LogP contribution in [0.3, 0.4) is 0 Å². The van der Waals surface area contributed by atoms with Crippen LogP contribution < -0.4 is 21.2 Å². The minimum absolute atomic E-state index is 0.347. The molecule has 1 rings (SSSR count). The Morgan fingerprint density at radius 2 is 2.00 bits per heavy atom. The summed E-state index contributed by atoms with van der Waals surface area (Å²) in [5, 5.41) is 0. The van der Waals surface area contributed by atoms with Gasteiger partial charge in [0.1, 0.15) is 0 Å². The van der Waals surface area contributed by atoms with Crippen LogP contribution in [0.2, 0.25) is 0 Å². The molecule has 56 valence electrons. The van der Waals surface area contributed by atoms with Gasteiger partial charge in [0, 0.05) is 0 Å². The van der Waals surface area contributed by atoms with Gasteiger partial charge in [0.05, 0.1) is 0 Å². The molecule has 3 nitrogen and oxygen atoms in total. The summed E-state index contributed by atoms with van der Waals surface area (Å²) in [5.74, 6) is 0. The Balaban J connectivity index is 2.31. The van der Waals surface area contributed by atoms with Crippen LogP contribution in [0.5, 0.6) is 0 Å². The number of hydrogen-bond donors (Lipinski definition) is 0. The molecule has 1 aliphatic heterocycles. The Bertz CT molecular complexity index is 115. The third-order valence-corrected chi connectivity index (χ3v) is 4.42. The molecular weight excluding hydrogens is 253 g/mol. The van der Waals surface area contributed by atoms with Gasteiger partial charge in [-0.15, -0.1) is 0 Å². The van der Waals surface area contributed by atoms with Crippen molar-refractivity contribution in [1.29, 1.82) is 0 Å². The van der Waals surface area contributed by atoms with E-state index >= 15 is 0 Å². The third kappa shape index (κ3) is 2.48. The van der Waals surface area contributed by atoms with Crippen molar-refractivity contribution < 1.29 is 30.0 Å². The standard InChI is InChI=1S/C4H9INO2S/c7-9(8)6-3-1-5-2-4-6/h1-4H2,(H,7,8)/q-1/p-1. The monoisotopic (exact) mass is 261 g/mol. The normalized spacial score (nSPS) is 26.8. The van der Waals surface area contributed by atoms with Crippen LogP contribution in [0.15, 0.2) is 0 Å². The van der Waals surface area contributed by atoms with E-state index in [9.17, 15) is 8.76 Å². The first-order valence-corrected chi connectivity index (χ1v) is 6.77. The summed E-state index contributed by atoms with van der Waals surface area (Å²) in [6, 6.07) is 0. The number of alkyl halides is 2. The second-order valence-electron chi connectivity index (χ2n) is 1.71. The molecular formula is C4H8INO2S-2. The van der Waals surface area contributed by atoms with E-state index < -0.39 is 11.3 Å². The zero-order valence-corrected chi connectivity index (χ0v) is 7.85. The van der Waals surface area contributed by atoms with Crippen LogP contribution >= 0.6 is 0 Å². The molecule has 0 aliphatic carbocycles. The molecule has 9 heavy (non-hydrogen) atoms. The van der Waals surface area contributed by atoms with Gasteiger partial charge < -0.3 is 0 Å². The first kappa shape index (κ1) is 7.90. The molecule has 1 aliphatic rings. The van der Waals surface area contributed by atoms with E-state index in [0.717, 1.165) is 21.9 Å². The third-order valence-electron chi connectivity index (χ3n) is 1.15. The minimum atomic E-state index is -1.95. The first-order chi connectivity index (χ1) is 4.30. The molecule has 0 radical (unpaired) electrons. The molecule has 0 bridgehead atoms. The quantitative estimate of drug-likeness (QED) is 0.276. The van der Waals surface area contributed by atoms with Gasteiger partial charge in [-0.3, -0.25) is 0 Å². The second kappa shape index (κ2) is 3.85. The zero-order chi connectivity index (χ0) is 6.69. The summed E-state index contributed by atoms with van der Waals surface area (Å²) in [4.78, 5) is 0. The van der Waals surface area contributed by atoms with Gasteiger partial charge in [-0.25, -0.2) is 0 Å². The van der Waals surface area contributed by atoms with E-state index in [4.69, 9.17) is 0 Å². The summed E-state index contributed by atoms with van der Waals surface area (Å²) >= 11 is -1.60. The van der Waals surface area contributed by atoms with Crippen molar-refractivity contribution >= 4 is 11.3 Å². The van der Waals surface area contributed by atoms with E-state index in [0.29, 0.717) is 21.2 Å². The predicted molar refractivity (Wildman–Crippen MR) is 30.2 cm³/mol. The fraction of sp³-hybridized carbons (Fsp3) is 1.00. The Morgan fingerprint density at radius 1 is 1.44 bits per heavy atom. The van der Waals surface area contributed by atoms with Gasteiger partial charge >= 0.3 is 67.5 Å². The van der Waals surface area contributed by atoms with Crippen molar-refractivity contribution in [2.75, 3.05) is 21.9 Å². The summed E-state index contributed by atoms with van der Waals surface area (Å²) in [6.45, 7) is 1.53. The van der Waals surface area contributed by atoms with Crippen molar-refractivity contribution in [3.05, 3.63) is 0 Å². The Labute approximate surface area is 67.5 Å². The topological polar surface area (TPSA) is 43.4 Å². The Morgan fingerprint density at radius 3 is 2.33 bits per heavy atom. The Kier molecular flexibility index (Phi) is 3.38. The molecule has 1 fully saturated rings. The van der Waals surface area contributed by atoms with Crippen molar-refractivity contribution in [3.63, 3.8) is 0 Å². The second-order valence-corrected chi connectivity index (χ2v) is 5.90. The molecule has 1 heterocycles. The average Bonchev–Trinajstić information content (AvgIpc) is 1.90. The first-order valence-electron chi connectivity index (χ1n) is 2.68. The van der Waals surface area contributed by atoms with Gasteiger partial charge in [-0.05, 0) is 0 Å². The number of rotatable bonds is 1. The number of halogens is 1. The summed E-state index contributed by atoms with van der Waals surface area (Å²) < 4.78 is 24.4. The molecule has 0 N–H and O–H groups in total. The van der Waals surface area contributed by atoms with Crippen LogP contribution in [-0.4, -0.2) is 35.0 Å². The number of hydrogen-bond acceptors (Lipinski definition) is 2. The van der Waals surface area contributed by atoms with Crippen molar-refractivity contribution in [2.24, 2.45) is 0 Å². The van der Waals surface area contributed by atoms with Gasteiger partial charge in [0.15, 0.2) is 0 Å². The molecule has 0 aromatic carbocycles. The van der Waals surface area contributed by atoms with Crippen molar-refractivity contribution in [1.82, 2.24) is 4.31 Å². The molecule has 0 amide bonds. The van der Waals surface area contributed by atoms with E-state index in [-0.39, 0.29) is 0 Å². The maximum atomic E-state index is 10.3. The van der Waals surface area contributed by atoms with Crippen LogP contribution in [0, 0.1) is 0 Å². The van der Waals surface area contributed by atoms with E-state index in [2.05, 4.69) is 0 Å². The van der Waals surface area contributed by atoms with E-state index in [1.165, 1.54) is 4.31 Å². The van der Waals surface area contributed by atoms with E-state index in [1.807, 2.05) is 0 Å². The fourth-order valence-electron chi connectivity index (χ4n) is 0.663. The molecule has 1 unspecified atom stereocenters. The van der Waals surface area contributed by atoms with Crippen molar-refractivity contribution in [2.45, 2.75) is 0 Å². The summed E-state index contributed by atoms with van der Waals surface area (Å²) in [7, 11) is 0. The fourth-order valence-corrected chi connectivity index (χ4v) is 4.19. The molecule has 0 aromatic heterocycles. The van der Waals surface area contributed by atoms with Crippen LogP contribution in [0.1, 0.15) is 0 Å². The van der Waals surface area contributed by atoms with Crippen LogP contribution in [0.25, 0.3) is 0 Å². The van der Waals surface area contributed by atoms with Crippen LogP contribution in [0.4, 0.5) is 0 Å². The Hall–Kier alpha value is 0.800. The molecule has 0 spiro atoms. The number of nitrogens with zero attached hydrogens (tertiary/aromatic N) is 1. The van der Waals surface area contributed by atoms with Gasteiger partial charge in [-0.2, -0.15) is 0 Å². The van der Waals surface area contributed by atoms with Gasteiger partial charge in [-0.1, -0.05) is 0 Å². The van der Waals surface area contributed by atoms with Gasteiger partial charge in [0.25, 0.3) is 0 Å². The SMILES string of the molecule is O=S([O-])N1CC[I-]CC1. The maximum absolute atomic E-state index is 10.3. The van der Waals surface area contributed by atoms with E-state index in [1.54, 1.807) is 0 Å². The summed E-state index contributed by atoms with van der Waals surface area (Å²) in [5.41, 5.74) is 0. The zero-order valence-electron chi connectivity index (χ0n) is 4.88. The molecule has 1 saturated heterocycles. The predicted octanol–water partition coefficient (Wildman–Crippen LogP) is -3.81. The summed E-state index contributed by atoms with van der Waals surface area (Å²) in [6.07, 6.45) is 0. The molecule has 1 atom stereocenters. The van der Waals surface area contributed by atoms with Crippen LogP contribution in [-0.2, 0) is 11.3 Å². The van der Waals surface area contributed by atoms with Gasteiger partial charge in [0.2, 0.25) is 0 Å². The molecule has 0 saturated carbocycles. The van der Waals surface area contributed by atoms with Crippen molar-refractivity contribution in [3.8, 4) is 0 Å². The average molecular weight is 261 g/mol. The molecule has 0 aromatic rings. The molecule has 5 heteroatoms.